The number of rotatable bonds is 3. The maximum absolute atomic E-state index is 13.0. The lowest BCUT2D eigenvalue weighted by atomic mass is 10.2. The van der Waals surface area contributed by atoms with Crippen LogP contribution in [0.2, 0.25) is 0 Å². The van der Waals surface area contributed by atoms with E-state index in [9.17, 15) is 9.59 Å². The number of H-pyrrole nitrogens is 2. The summed E-state index contributed by atoms with van der Waals surface area (Å²) in [5, 5.41) is 0. The van der Waals surface area contributed by atoms with Crippen molar-refractivity contribution in [2.75, 3.05) is 6.54 Å². The zero-order valence-electron chi connectivity index (χ0n) is 15.2. The van der Waals surface area contributed by atoms with Crippen LogP contribution in [0.25, 0.3) is 11.0 Å². The van der Waals surface area contributed by atoms with E-state index in [1.54, 1.807) is 4.90 Å². The topological polar surface area (TPSA) is 94.7 Å². The Morgan fingerprint density at radius 2 is 2.04 bits per heavy atom. The molecule has 3 heterocycles. The highest BCUT2D eigenvalue weighted by Crippen LogP contribution is 2.37. The van der Waals surface area contributed by atoms with Crippen LogP contribution in [0.3, 0.4) is 0 Å². The summed E-state index contributed by atoms with van der Waals surface area (Å²) < 4.78 is 0. The summed E-state index contributed by atoms with van der Waals surface area (Å²) in [4.78, 5) is 42.3. The smallest absolute Gasteiger partial charge is 0.263 e. The number of fused-ring (bicyclic) bond motifs is 1. The number of amides is 1. The third kappa shape index (κ3) is 2.83. The SMILES string of the molecule is Cc1ccc2nc(C3CCCN3C(=O)c3cnc(C4CC4)[nH]c3=O)[nH]c2c1. The second kappa shape index (κ2) is 6.04. The summed E-state index contributed by atoms with van der Waals surface area (Å²) in [6.45, 7) is 2.65. The summed E-state index contributed by atoms with van der Waals surface area (Å²) in [5.74, 6) is 1.55. The maximum atomic E-state index is 13.0. The molecule has 3 aromatic rings. The highest BCUT2D eigenvalue weighted by Gasteiger charge is 2.34. The van der Waals surface area contributed by atoms with Crippen LogP contribution in [0, 0.1) is 6.92 Å². The molecule has 1 amide bonds. The molecule has 1 saturated heterocycles. The van der Waals surface area contributed by atoms with Crippen molar-refractivity contribution in [1.82, 2.24) is 24.8 Å². The van der Waals surface area contributed by atoms with Crippen LogP contribution in [0.1, 0.15) is 65.2 Å². The van der Waals surface area contributed by atoms with Gasteiger partial charge in [0.1, 0.15) is 17.2 Å². The number of hydrogen-bond acceptors (Lipinski definition) is 4. The van der Waals surface area contributed by atoms with Crippen LogP contribution >= 0.6 is 0 Å². The van der Waals surface area contributed by atoms with Gasteiger partial charge in [-0.1, -0.05) is 6.07 Å². The molecule has 2 N–H and O–H groups in total. The van der Waals surface area contributed by atoms with Gasteiger partial charge in [0.2, 0.25) is 0 Å². The predicted octanol–water partition coefficient (Wildman–Crippen LogP) is 2.81. The number of aromatic nitrogens is 4. The fourth-order valence-electron chi connectivity index (χ4n) is 3.88. The Morgan fingerprint density at radius 1 is 1.19 bits per heavy atom. The lowest BCUT2D eigenvalue weighted by molar-refractivity contribution is 0.0728. The Bertz CT molecular complexity index is 1100. The molecule has 1 aliphatic carbocycles. The third-order valence-corrected chi connectivity index (χ3v) is 5.50. The van der Waals surface area contributed by atoms with E-state index in [4.69, 9.17) is 0 Å². The van der Waals surface area contributed by atoms with E-state index < -0.39 is 0 Å². The van der Waals surface area contributed by atoms with Gasteiger partial charge in [0.25, 0.3) is 11.5 Å². The van der Waals surface area contributed by atoms with E-state index >= 15 is 0 Å². The highest BCUT2D eigenvalue weighted by molar-refractivity contribution is 5.94. The second-order valence-electron chi connectivity index (χ2n) is 7.58. The summed E-state index contributed by atoms with van der Waals surface area (Å²) in [5.41, 5.74) is 2.78. The van der Waals surface area contributed by atoms with Crippen LogP contribution in [-0.2, 0) is 0 Å². The zero-order valence-corrected chi connectivity index (χ0v) is 15.2. The van der Waals surface area contributed by atoms with Crippen molar-refractivity contribution < 1.29 is 4.79 Å². The largest absolute Gasteiger partial charge is 0.340 e. The fourth-order valence-corrected chi connectivity index (χ4v) is 3.88. The molecular formula is C20H21N5O2. The molecule has 7 heteroatoms. The molecule has 138 valence electrons. The van der Waals surface area contributed by atoms with Crippen molar-refractivity contribution in [3.63, 3.8) is 0 Å². The minimum atomic E-state index is -0.345. The molecule has 2 fully saturated rings. The van der Waals surface area contributed by atoms with Gasteiger partial charge in [-0.05, 0) is 50.3 Å². The fraction of sp³-hybridized carbons (Fsp3) is 0.400. The zero-order chi connectivity index (χ0) is 18.5. The lowest BCUT2D eigenvalue weighted by Gasteiger charge is -2.22. The van der Waals surface area contributed by atoms with Gasteiger partial charge in [-0.2, -0.15) is 0 Å². The normalized spacial score (nSPS) is 19.7. The van der Waals surface area contributed by atoms with E-state index in [2.05, 4.69) is 26.0 Å². The van der Waals surface area contributed by atoms with Crippen LogP contribution in [0.15, 0.2) is 29.2 Å². The summed E-state index contributed by atoms with van der Waals surface area (Å²) in [7, 11) is 0. The van der Waals surface area contributed by atoms with E-state index in [0.29, 0.717) is 18.3 Å². The number of aryl methyl sites for hydroxylation is 1. The van der Waals surface area contributed by atoms with Gasteiger partial charge < -0.3 is 14.9 Å². The Morgan fingerprint density at radius 3 is 2.81 bits per heavy atom. The number of nitrogens with zero attached hydrogens (tertiary/aromatic N) is 3. The number of likely N-dealkylation sites (tertiary alicyclic amines) is 1. The summed E-state index contributed by atoms with van der Waals surface area (Å²) in [6.07, 6.45) is 5.26. The Balaban J connectivity index is 1.46. The number of hydrogen-bond donors (Lipinski definition) is 2. The van der Waals surface area contributed by atoms with E-state index in [1.165, 1.54) is 6.20 Å². The monoisotopic (exact) mass is 363 g/mol. The molecular weight excluding hydrogens is 342 g/mol. The molecule has 7 nitrogen and oxygen atoms in total. The Kier molecular flexibility index (Phi) is 3.63. The number of carbonyl (C=O) groups is 1. The van der Waals surface area contributed by atoms with E-state index in [1.807, 2.05) is 19.1 Å². The van der Waals surface area contributed by atoms with Crippen molar-refractivity contribution in [3.8, 4) is 0 Å². The van der Waals surface area contributed by atoms with Gasteiger partial charge in [-0.15, -0.1) is 0 Å². The molecule has 1 saturated carbocycles. The van der Waals surface area contributed by atoms with Gasteiger partial charge in [0, 0.05) is 18.7 Å². The van der Waals surface area contributed by atoms with Crippen molar-refractivity contribution in [3.05, 3.63) is 57.5 Å². The van der Waals surface area contributed by atoms with E-state index in [-0.39, 0.29) is 23.1 Å². The molecule has 1 unspecified atom stereocenters. The first-order valence-electron chi connectivity index (χ1n) is 9.46. The summed E-state index contributed by atoms with van der Waals surface area (Å²) >= 11 is 0. The third-order valence-electron chi connectivity index (χ3n) is 5.50. The number of nitrogens with one attached hydrogen (secondary N) is 2. The number of benzene rings is 1. The van der Waals surface area contributed by atoms with Gasteiger partial charge in [-0.3, -0.25) is 9.59 Å². The first-order chi connectivity index (χ1) is 13.1. The number of carbonyl (C=O) groups excluding carboxylic acids is 1. The first-order valence-corrected chi connectivity index (χ1v) is 9.46. The van der Waals surface area contributed by atoms with Crippen molar-refractivity contribution in [2.24, 2.45) is 0 Å². The average Bonchev–Trinajstić information content (AvgIpc) is 3.24. The summed E-state index contributed by atoms with van der Waals surface area (Å²) in [6, 6.07) is 5.92. The highest BCUT2D eigenvalue weighted by atomic mass is 16.2. The number of aromatic amines is 2. The second-order valence-corrected chi connectivity index (χ2v) is 7.58. The minimum absolute atomic E-state index is 0.109. The van der Waals surface area contributed by atoms with Crippen LogP contribution in [-0.4, -0.2) is 37.3 Å². The van der Waals surface area contributed by atoms with Gasteiger partial charge in [0.15, 0.2) is 0 Å². The molecule has 2 aliphatic rings. The van der Waals surface area contributed by atoms with Crippen molar-refractivity contribution in [1.29, 1.82) is 0 Å². The molecule has 5 rings (SSSR count). The molecule has 1 atom stereocenters. The predicted molar refractivity (Wildman–Crippen MR) is 101 cm³/mol. The molecule has 2 aromatic heterocycles. The van der Waals surface area contributed by atoms with E-state index in [0.717, 1.165) is 48.1 Å². The molecule has 0 spiro atoms. The molecule has 1 aliphatic heterocycles. The van der Waals surface area contributed by atoms with Crippen LogP contribution in [0.5, 0.6) is 0 Å². The molecule has 0 radical (unpaired) electrons. The first kappa shape index (κ1) is 16.2. The van der Waals surface area contributed by atoms with Crippen LogP contribution in [0.4, 0.5) is 0 Å². The standard InChI is InChI=1S/C20H21N5O2/c1-11-4-7-14-15(9-11)23-18(22-14)16-3-2-8-25(16)20(27)13-10-21-17(12-5-6-12)24-19(13)26/h4,7,9-10,12,16H,2-3,5-6,8H2,1H3,(H,22,23)(H,21,24,26). The minimum Gasteiger partial charge on any atom is -0.340 e. The molecule has 0 bridgehead atoms. The number of imidazole rings is 1. The van der Waals surface area contributed by atoms with Gasteiger partial charge in [-0.25, -0.2) is 9.97 Å². The lowest BCUT2D eigenvalue weighted by Crippen LogP contribution is -2.35. The van der Waals surface area contributed by atoms with Crippen molar-refractivity contribution in [2.45, 2.75) is 44.6 Å². The molecule has 27 heavy (non-hydrogen) atoms. The Labute approximate surface area is 155 Å². The quantitative estimate of drug-likeness (QED) is 0.748. The maximum Gasteiger partial charge on any atom is 0.263 e. The Hall–Kier alpha value is -2.96. The molecule has 1 aromatic carbocycles. The van der Waals surface area contributed by atoms with Crippen molar-refractivity contribution >= 4 is 16.9 Å². The van der Waals surface area contributed by atoms with Gasteiger partial charge in [0.05, 0.1) is 17.1 Å². The van der Waals surface area contributed by atoms with Gasteiger partial charge >= 0.3 is 0 Å². The van der Waals surface area contributed by atoms with Crippen LogP contribution < -0.4 is 5.56 Å². The average molecular weight is 363 g/mol.